The highest BCUT2D eigenvalue weighted by Gasteiger charge is 2.59. The molecular weight excluding hydrogens is 649 g/mol. The van der Waals surface area contributed by atoms with E-state index in [1.807, 2.05) is 0 Å². The SMILES string of the molecule is CNC(=O)c1cccc(C)c1Nc1nc(Nc2ccc(NC(=O)[C@]34CC5CC(C3)[C@H](N3CC[C@H](N)C3)C(C5)C4)cc2OC)ncc1C(F)(F)F. The quantitative estimate of drug-likeness (QED) is 0.187. The molecule has 0 radical (unpaired) electrons. The Morgan fingerprint density at radius 2 is 1.84 bits per heavy atom. The molecule has 6 N–H and O–H groups in total. The van der Waals surface area contributed by atoms with E-state index in [9.17, 15) is 22.8 Å². The number of aryl methyl sites for hydroxylation is 1. The molecule has 5 fully saturated rings. The van der Waals surface area contributed by atoms with Gasteiger partial charge in [-0.1, -0.05) is 12.1 Å². The molecule has 0 spiro atoms. The first-order valence-corrected chi connectivity index (χ1v) is 17.2. The van der Waals surface area contributed by atoms with E-state index in [1.165, 1.54) is 33.1 Å². The van der Waals surface area contributed by atoms with Crippen molar-refractivity contribution in [2.75, 3.05) is 43.2 Å². The van der Waals surface area contributed by atoms with Gasteiger partial charge in [-0.15, -0.1) is 0 Å². The Bertz CT molecular complexity index is 1790. The number of rotatable bonds is 9. The standard InChI is InChI=1S/C36H43F3N8O3/c1-19-5-4-6-25(32(48)41-2)29(19)45-31-26(36(37,38)39)17-42-34(46-31)44-27-8-7-24(13-28(27)50-3)43-33(49)35-14-20-11-21(15-35)30(22(12-20)16-35)47-10-9-23(40)18-47/h4-8,13,17,20-23,30H,9-12,14-16,18,40H2,1-3H3,(H,41,48)(H,43,49)(H2,42,44,45,46)/t20?,21?,22?,23-,30-,35+/m0/s1. The first-order chi connectivity index (χ1) is 23.9. The average molecular weight is 693 g/mol. The van der Waals surface area contributed by atoms with Crippen LogP contribution in [0.2, 0.25) is 0 Å². The Hall–Kier alpha value is -4.43. The number of hydrogen-bond acceptors (Lipinski definition) is 9. The Morgan fingerprint density at radius 3 is 2.50 bits per heavy atom. The third-order valence-corrected chi connectivity index (χ3v) is 11.2. The maximum Gasteiger partial charge on any atom is 0.421 e. The molecule has 3 atom stereocenters. The number of nitrogens with zero attached hydrogens (tertiary/aromatic N) is 3. The van der Waals surface area contributed by atoms with Crippen molar-refractivity contribution in [3.05, 3.63) is 59.3 Å². The number of alkyl halides is 3. The molecule has 266 valence electrons. The predicted octanol–water partition coefficient (Wildman–Crippen LogP) is 5.83. The Morgan fingerprint density at radius 1 is 1.08 bits per heavy atom. The van der Waals surface area contributed by atoms with Gasteiger partial charge in [0, 0.05) is 50.2 Å². The fraction of sp³-hybridized carbons (Fsp3) is 0.500. The minimum Gasteiger partial charge on any atom is -0.494 e. The van der Waals surface area contributed by atoms with Crippen LogP contribution in [0.3, 0.4) is 0 Å². The minimum atomic E-state index is -4.77. The van der Waals surface area contributed by atoms with Gasteiger partial charge in [-0.25, -0.2) is 4.98 Å². The summed E-state index contributed by atoms with van der Waals surface area (Å²) >= 11 is 0. The van der Waals surface area contributed by atoms with Crippen molar-refractivity contribution in [1.29, 1.82) is 0 Å². The third-order valence-electron chi connectivity index (χ3n) is 11.2. The van der Waals surface area contributed by atoms with Gasteiger partial charge < -0.3 is 31.7 Å². The normalized spacial score (nSPS) is 27.2. The second-order valence-corrected chi connectivity index (χ2v) is 14.4. The maximum atomic E-state index is 14.1. The number of nitrogens with one attached hydrogen (secondary N) is 4. The van der Waals surface area contributed by atoms with E-state index in [0.717, 1.165) is 38.8 Å². The number of anilines is 5. The van der Waals surface area contributed by atoms with Crippen LogP contribution in [-0.2, 0) is 11.0 Å². The van der Waals surface area contributed by atoms with Crippen molar-refractivity contribution >= 4 is 40.6 Å². The highest BCUT2D eigenvalue weighted by atomic mass is 19.4. The lowest BCUT2D eigenvalue weighted by Gasteiger charge is -2.61. The van der Waals surface area contributed by atoms with Crippen molar-refractivity contribution in [2.24, 2.45) is 28.9 Å². The van der Waals surface area contributed by atoms with Crippen LogP contribution < -0.4 is 31.7 Å². The topological polar surface area (TPSA) is 147 Å². The number of halogens is 3. The number of amides is 2. The van der Waals surface area contributed by atoms with Gasteiger partial charge in [0.25, 0.3) is 5.91 Å². The van der Waals surface area contributed by atoms with Crippen LogP contribution in [0.25, 0.3) is 0 Å². The Balaban J connectivity index is 1.09. The van der Waals surface area contributed by atoms with Crippen molar-refractivity contribution in [3.8, 4) is 5.75 Å². The van der Waals surface area contributed by atoms with Gasteiger partial charge in [0.15, 0.2) is 0 Å². The highest BCUT2D eigenvalue weighted by molar-refractivity contribution is 6.01. The van der Waals surface area contributed by atoms with E-state index in [1.54, 1.807) is 37.3 Å². The van der Waals surface area contributed by atoms with Crippen molar-refractivity contribution < 1.29 is 27.5 Å². The number of ether oxygens (including phenoxy) is 1. The molecule has 8 rings (SSSR count). The summed E-state index contributed by atoms with van der Waals surface area (Å²) in [6.45, 7) is 3.67. The molecule has 4 bridgehead atoms. The summed E-state index contributed by atoms with van der Waals surface area (Å²) in [7, 11) is 2.91. The number of methoxy groups -OCH3 is 1. The lowest BCUT2D eigenvalue weighted by atomic mass is 9.47. The molecule has 1 saturated heterocycles. The first kappa shape index (κ1) is 34.0. The number of carbonyl (C=O) groups excluding carboxylic acids is 2. The van der Waals surface area contributed by atoms with Gasteiger partial charge in [-0.3, -0.25) is 14.5 Å². The maximum absolute atomic E-state index is 14.1. The molecule has 4 aliphatic carbocycles. The highest BCUT2D eigenvalue weighted by Crippen LogP contribution is 2.61. The van der Waals surface area contributed by atoms with E-state index in [-0.39, 0.29) is 29.1 Å². The van der Waals surface area contributed by atoms with Crippen molar-refractivity contribution in [2.45, 2.75) is 63.7 Å². The van der Waals surface area contributed by atoms with E-state index in [0.29, 0.717) is 52.7 Å². The lowest BCUT2D eigenvalue weighted by Crippen LogP contribution is -2.61. The molecule has 3 aromatic rings. The van der Waals surface area contributed by atoms with Crippen molar-refractivity contribution in [3.63, 3.8) is 0 Å². The minimum absolute atomic E-state index is 0.0327. The zero-order chi connectivity index (χ0) is 35.4. The van der Waals surface area contributed by atoms with Crippen LogP contribution in [0.5, 0.6) is 5.75 Å². The molecule has 4 saturated carbocycles. The van der Waals surface area contributed by atoms with Gasteiger partial charge >= 0.3 is 6.18 Å². The largest absolute Gasteiger partial charge is 0.494 e. The number of hydrogen-bond donors (Lipinski definition) is 5. The van der Waals surface area contributed by atoms with Crippen LogP contribution in [0, 0.1) is 30.1 Å². The van der Waals surface area contributed by atoms with Crippen LogP contribution in [0.15, 0.2) is 42.6 Å². The molecule has 1 aromatic heterocycles. The monoisotopic (exact) mass is 692 g/mol. The summed E-state index contributed by atoms with van der Waals surface area (Å²) < 4.78 is 47.8. The summed E-state index contributed by atoms with van der Waals surface area (Å²) in [6.07, 6.45) is 1.98. The number of benzene rings is 2. The van der Waals surface area contributed by atoms with Gasteiger partial charge in [0.05, 0.1) is 29.5 Å². The summed E-state index contributed by atoms with van der Waals surface area (Å²) in [6, 6.07) is 10.7. The fourth-order valence-electron chi connectivity index (χ4n) is 9.24. The number of nitrogens with two attached hydrogens (primary N) is 1. The molecule has 2 unspecified atom stereocenters. The van der Waals surface area contributed by atoms with E-state index >= 15 is 0 Å². The molecule has 2 aromatic carbocycles. The molecule has 2 heterocycles. The summed E-state index contributed by atoms with van der Waals surface area (Å²) in [5.41, 5.74) is 6.61. The number of likely N-dealkylation sites (tertiary alicyclic amines) is 1. The van der Waals surface area contributed by atoms with E-state index < -0.39 is 28.9 Å². The smallest absolute Gasteiger partial charge is 0.421 e. The van der Waals surface area contributed by atoms with Gasteiger partial charge in [0.1, 0.15) is 17.1 Å². The molecule has 2 amide bonds. The average Bonchev–Trinajstić information content (AvgIpc) is 3.50. The molecule has 14 heteroatoms. The van der Waals surface area contributed by atoms with Gasteiger partial charge in [-0.05, 0) is 87.0 Å². The van der Waals surface area contributed by atoms with Gasteiger partial charge in [-0.2, -0.15) is 18.2 Å². The number of aromatic nitrogens is 2. The van der Waals surface area contributed by atoms with Gasteiger partial charge in [0.2, 0.25) is 11.9 Å². The van der Waals surface area contributed by atoms with E-state index in [4.69, 9.17) is 10.5 Å². The van der Waals surface area contributed by atoms with Crippen LogP contribution in [0.4, 0.5) is 42.0 Å². The summed E-state index contributed by atoms with van der Waals surface area (Å²) in [5, 5.41) is 11.4. The first-order valence-electron chi connectivity index (χ1n) is 17.2. The molecule has 5 aliphatic rings. The third kappa shape index (κ3) is 6.34. The number of para-hydroxylation sites is 1. The molecule has 11 nitrogen and oxygen atoms in total. The van der Waals surface area contributed by atoms with Crippen molar-refractivity contribution in [1.82, 2.24) is 20.2 Å². The Kier molecular flexibility index (Phi) is 8.87. The molecular formula is C36H43F3N8O3. The Labute approximate surface area is 288 Å². The van der Waals surface area contributed by atoms with Crippen LogP contribution >= 0.6 is 0 Å². The second-order valence-electron chi connectivity index (χ2n) is 14.4. The van der Waals surface area contributed by atoms with Crippen LogP contribution in [0.1, 0.15) is 60.0 Å². The van der Waals surface area contributed by atoms with Crippen LogP contribution in [-0.4, -0.2) is 66.0 Å². The zero-order valence-electron chi connectivity index (χ0n) is 28.4. The molecule has 1 aliphatic heterocycles. The molecule has 50 heavy (non-hydrogen) atoms. The summed E-state index contributed by atoms with van der Waals surface area (Å²) in [5.74, 6) is 0.828. The van der Waals surface area contributed by atoms with E-state index in [2.05, 4.69) is 36.1 Å². The number of carbonyl (C=O) groups is 2. The summed E-state index contributed by atoms with van der Waals surface area (Å²) in [4.78, 5) is 37.2. The zero-order valence-corrected chi connectivity index (χ0v) is 28.4. The second kappa shape index (κ2) is 13.0. The fourth-order valence-corrected chi connectivity index (χ4v) is 9.24. The predicted molar refractivity (Wildman–Crippen MR) is 184 cm³/mol. The lowest BCUT2D eigenvalue weighted by molar-refractivity contribution is -0.150.